The summed E-state index contributed by atoms with van der Waals surface area (Å²) >= 11 is 0. The van der Waals surface area contributed by atoms with Gasteiger partial charge in [-0.15, -0.1) is 0 Å². The van der Waals surface area contributed by atoms with Crippen LogP contribution in [0.3, 0.4) is 0 Å². The van der Waals surface area contributed by atoms with Crippen LogP contribution >= 0.6 is 0 Å². The van der Waals surface area contributed by atoms with Gasteiger partial charge >= 0.3 is 5.97 Å². The molecular formula is C12H17NO3. The van der Waals surface area contributed by atoms with E-state index in [1.54, 1.807) is 0 Å². The van der Waals surface area contributed by atoms with Crippen LogP contribution in [0.2, 0.25) is 0 Å². The highest BCUT2D eigenvalue weighted by atomic mass is 16.5. The van der Waals surface area contributed by atoms with Crippen LogP contribution in [-0.2, 0) is 9.53 Å². The lowest BCUT2D eigenvalue weighted by atomic mass is 10.1. The molecule has 0 fully saturated rings. The zero-order valence-electron chi connectivity index (χ0n) is 9.82. The molecule has 2 N–H and O–H groups in total. The minimum Gasteiger partial charge on any atom is -0.491 e. The van der Waals surface area contributed by atoms with Gasteiger partial charge in [-0.1, -0.05) is 17.7 Å². The van der Waals surface area contributed by atoms with Crippen LogP contribution in [0.1, 0.15) is 11.1 Å². The second-order valence-electron chi connectivity index (χ2n) is 3.71. The van der Waals surface area contributed by atoms with Crippen molar-refractivity contribution in [3.63, 3.8) is 0 Å². The van der Waals surface area contributed by atoms with Crippen molar-refractivity contribution in [3.05, 3.63) is 29.3 Å². The Kier molecular flexibility index (Phi) is 4.31. The van der Waals surface area contributed by atoms with Crippen molar-refractivity contribution in [2.45, 2.75) is 19.9 Å². The summed E-state index contributed by atoms with van der Waals surface area (Å²) in [5.74, 6) is 0.273. The Morgan fingerprint density at radius 3 is 2.69 bits per heavy atom. The summed E-state index contributed by atoms with van der Waals surface area (Å²) in [6, 6.07) is 5.09. The molecule has 0 heterocycles. The maximum absolute atomic E-state index is 11.0. The number of esters is 1. The number of nitrogens with two attached hydrogens (primary N) is 1. The van der Waals surface area contributed by atoms with Crippen molar-refractivity contribution in [2.75, 3.05) is 13.7 Å². The van der Waals surface area contributed by atoms with Gasteiger partial charge in [0.15, 0.2) is 0 Å². The summed E-state index contributed by atoms with van der Waals surface area (Å²) in [7, 11) is 1.30. The third-order valence-electron chi connectivity index (χ3n) is 2.25. The molecular weight excluding hydrogens is 206 g/mol. The van der Waals surface area contributed by atoms with Crippen molar-refractivity contribution < 1.29 is 14.3 Å². The first kappa shape index (κ1) is 12.5. The lowest BCUT2D eigenvalue weighted by Gasteiger charge is -2.13. The topological polar surface area (TPSA) is 61.5 Å². The molecule has 1 aromatic carbocycles. The monoisotopic (exact) mass is 223 g/mol. The minimum absolute atomic E-state index is 0.122. The van der Waals surface area contributed by atoms with Gasteiger partial charge < -0.3 is 15.2 Å². The second-order valence-corrected chi connectivity index (χ2v) is 3.71. The van der Waals surface area contributed by atoms with Crippen LogP contribution in [0, 0.1) is 13.8 Å². The summed E-state index contributed by atoms with van der Waals surface area (Å²) in [4.78, 5) is 11.0. The van der Waals surface area contributed by atoms with E-state index in [4.69, 9.17) is 10.5 Å². The van der Waals surface area contributed by atoms with E-state index in [0.717, 1.165) is 11.3 Å². The number of rotatable bonds is 4. The molecule has 1 aromatic rings. The van der Waals surface area contributed by atoms with Gasteiger partial charge in [-0.3, -0.25) is 4.79 Å². The number of methoxy groups -OCH3 is 1. The van der Waals surface area contributed by atoms with Crippen molar-refractivity contribution in [1.82, 2.24) is 0 Å². The van der Waals surface area contributed by atoms with Gasteiger partial charge in [0.1, 0.15) is 18.4 Å². The predicted molar refractivity (Wildman–Crippen MR) is 61.4 cm³/mol. The Bertz CT molecular complexity index is 377. The van der Waals surface area contributed by atoms with Gasteiger partial charge in [0.05, 0.1) is 7.11 Å². The molecule has 0 aliphatic rings. The molecule has 0 saturated heterocycles. The fourth-order valence-electron chi connectivity index (χ4n) is 1.36. The maximum Gasteiger partial charge on any atom is 0.326 e. The number of aryl methyl sites for hydroxylation is 2. The summed E-state index contributed by atoms with van der Waals surface area (Å²) in [5, 5.41) is 0. The van der Waals surface area contributed by atoms with Crippen molar-refractivity contribution in [1.29, 1.82) is 0 Å². The van der Waals surface area contributed by atoms with Gasteiger partial charge in [0, 0.05) is 0 Å². The SMILES string of the molecule is COC(=O)C(N)COc1ccc(C)cc1C. The highest BCUT2D eigenvalue weighted by molar-refractivity contribution is 5.75. The van der Waals surface area contributed by atoms with E-state index in [-0.39, 0.29) is 6.61 Å². The van der Waals surface area contributed by atoms with Crippen LogP contribution < -0.4 is 10.5 Å². The van der Waals surface area contributed by atoms with Crippen LogP contribution in [0.4, 0.5) is 0 Å². The standard InChI is InChI=1S/C12H17NO3/c1-8-4-5-11(9(2)6-8)16-7-10(13)12(14)15-3/h4-6,10H,7,13H2,1-3H3. The molecule has 0 aromatic heterocycles. The summed E-state index contributed by atoms with van der Waals surface area (Å²) in [6.45, 7) is 4.08. The van der Waals surface area contributed by atoms with Gasteiger partial charge in [0.2, 0.25) is 0 Å². The summed E-state index contributed by atoms with van der Waals surface area (Å²) < 4.78 is 9.96. The molecule has 0 amide bonds. The Balaban J connectivity index is 2.58. The van der Waals surface area contributed by atoms with Crippen molar-refractivity contribution in [3.8, 4) is 5.75 Å². The second kappa shape index (κ2) is 5.51. The number of carbonyl (C=O) groups is 1. The van der Waals surface area contributed by atoms with E-state index in [9.17, 15) is 4.79 Å². The first-order valence-corrected chi connectivity index (χ1v) is 5.08. The summed E-state index contributed by atoms with van der Waals surface area (Å²) in [5.41, 5.74) is 7.75. The Labute approximate surface area is 95.3 Å². The van der Waals surface area contributed by atoms with Gasteiger partial charge in [0.25, 0.3) is 0 Å². The van der Waals surface area contributed by atoms with Gasteiger partial charge in [-0.2, -0.15) is 0 Å². The fourth-order valence-corrected chi connectivity index (χ4v) is 1.36. The number of hydrogen-bond acceptors (Lipinski definition) is 4. The molecule has 16 heavy (non-hydrogen) atoms. The average molecular weight is 223 g/mol. The molecule has 0 radical (unpaired) electrons. The average Bonchev–Trinajstić information content (AvgIpc) is 2.26. The molecule has 0 aliphatic carbocycles. The molecule has 0 saturated carbocycles. The van der Waals surface area contributed by atoms with Crippen LogP contribution in [0.5, 0.6) is 5.75 Å². The van der Waals surface area contributed by atoms with Crippen molar-refractivity contribution in [2.24, 2.45) is 5.73 Å². The van der Waals surface area contributed by atoms with E-state index in [2.05, 4.69) is 4.74 Å². The Morgan fingerprint density at radius 2 is 2.12 bits per heavy atom. The molecule has 1 atom stereocenters. The first-order chi connectivity index (χ1) is 7.54. The number of ether oxygens (including phenoxy) is 2. The third-order valence-corrected chi connectivity index (χ3v) is 2.25. The minimum atomic E-state index is -0.745. The van der Waals surface area contributed by atoms with E-state index < -0.39 is 12.0 Å². The van der Waals surface area contributed by atoms with Crippen molar-refractivity contribution >= 4 is 5.97 Å². The Hall–Kier alpha value is -1.55. The fraction of sp³-hybridized carbons (Fsp3) is 0.417. The zero-order chi connectivity index (χ0) is 12.1. The number of benzene rings is 1. The largest absolute Gasteiger partial charge is 0.491 e. The lowest BCUT2D eigenvalue weighted by molar-refractivity contribution is -0.142. The maximum atomic E-state index is 11.0. The normalized spacial score (nSPS) is 12.0. The molecule has 4 nitrogen and oxygen atoms in total. The number of carbonyl (C=O) groups excluding carboxylic acids is 1. The highest BCUT2D eigenvalue weighted by Gasteiger charge is 2.14. The molecule has 0 bridgehead atoms. The van der Waals surface area contributed by atoms with E-state index in [1.165, 1.54) is 12.7 Å². The van der Waals surface area contributed by atoms with E-state index in [0.29, 0.717) is 0 Å². The molecule has 4 heteroatoms. The summed E-state index contributed by atoms with van der Waals surface area (Å²) in [6.07, 6.45) is 0. The van der Waals surface area contributed by atoms with Gasteiger partial charge in [-0.05, 0) is 25.5 Å². The quantitative estimate of drug-likeness (QED) is 0.779. The smallest absolute Gasteiger partial charge is 0.326 e. The zero-order valence-corrected chi connectivity index (χ0v) is 9.82. The molecule has 0 aliphatic heterocycles. The van der Waals surface area contributed by atoms with Crippen LogP contribution in [0.15, 0.2) is 18.2 Å². The van der Waals surface area contributed by atoms with Gasteiger partial charge in [-0.25, -0.2) is 0 Å². The molecule has 0 spiro atoms. The van der Waals surface area contributed by atoms with E-state index >= 15 is 0 Å². The molecule has 1 unspecified atom stereocenters. The lowest BCUT2D eigenvalue weighted by Crippen LogP contribution is -2.37. The number of hydrogen-bond donors (Lipinski definition) is 1. The Morgan fingerprint density at radius 1 is 1.44 bits per heavy atom. The molecule has 1 rings (SSSR count). The first-order valence-electron chi connectivity index (χ1n) is 5.08. The highest BCUT2D eigenvalue weighted by Crippen LogP contribution is 2.18. The molecule has 88 valence electrons. The van der Waals surface area contributed by atoms with E-state index in [1.807, 2.05) is 32.0 Å². The third kappa shape index (κ3) is 3.24. The van der Waals surface area contributed by atoms with Crippen LogP contribution in [0.25, 0.3) is 0 Å². The predicted octanol–water partition coefficient (Wildman–Crippen LogP) is 1.18. The van der Waals surface area contributed by atoms with Crippen LogP contribution in [-0.4, -0.2) is 25.7 Å².